The fourth-order valence-electron chi connectivity index (χ4n) is 3.13. The van der Waals surface area contributed by atoms with Gasteiger partial charge in [-0.3, -0.25) is 0 Å². The highest BCUT2D eigenvalue weighted by atomic mass is 32.2. The zero-order valence-corrected chi connectivity index (χ0v) is 12.7. The van der Waals surface area contributed by atoms with Crippen LogP contribution < -0.4 is 10.5 Å². The minimum Gasteiger partial charge on any atom is -0.328 e. The van der Waals surface area contributed by atoms with Gasteiger partial charge in [-0.25, -0.2) is 4.72 Å². The van der Waals surface area contributed by atoms with Crippen molar-refractivity contribution in [3.63, 3.8) is 0 Å². The Labute approximate surface area is 117 Å². The van der Waals surface area contributed by atoms with Gasteiger partial charge in [0, 0.05) is 25.2 Å². The lowest BCUT2D eigenvalue weighted by atomic mass is 9.87. The summed E-state index contributed by atoms with van der Waals surface area (Å²) in [6, 6.07) is 0.445. The van der Waals surface area contributed by atoms with E-state index in [2.05, 4.69) is 4.72 Å². The number of hydrogen-bond acceptors (Lipinski definition) is 3. The zero-order valence-electron chi connectivity index (χ0n) is 11.8. The van der Waals surface area contributed by atoms with Gasteiger partial charge in [0.15, 0.2) is 0 Å². The lowest BCUT2D eigenvalue weighted by molar-refractivity contribution is 0.262. The molecule has 0 amide bonds. The fourth-order valence-corrected chi connectivity index (χ4v) is 4.69. The molecule has 0 bridgehead atoms. The smallest absolute Gasteiger partial charge is 0.279 e. The number of hydrogen-bond donors (Lipinski definition) is 2. The molecule has 1 saturated carbocycles. The maximum absolute atomic E-state index is 12.3. The molecule has 3 N–H and O–H groups in total. The van der Waals surface area contributed by atoms with Crippen molar-refractivity contribution in [2.24, 2.45) is 11.7 Å². The van der Waals surface area contributed by atoms with E-state index in [1.54, 1.807) is 4.31 Å². The molecule has 1 heterocycles. The number of nitrogens with zero attached hydrogens (tertiary/aromatic N) is 1. The maximum Gasteiger partial charge on any atom is 0.279 e. The Morgan fingerprint density at radius 1 is 1.16 bits per heavy atom. The van der Waals surface area contributed by atoms with Crippen molar-refractivity contribution >= 4 is 10.2 Å². The second-order valence-corrected chi connectivity index (χ2v) is 7.80. The highest BCUT2D eigenvalue weighted by Crippen LogP contribution is 2.23. The molecule has 1 unspecified atom stereocenters. The van der Waals surface area contributed by atoms with E-state index in [4.69, 9.17) is 5.73 Å². The average Bonchev–Trinajstić information content (AvgIpc) is 2.38. The van der Waals surface area contributed by atoms with E-state index in [9.17, 15) is 8.42 Å². The standard InChI is InChI=1S/C13H27N3O2S/c1-11-4-2-3-9-16(11)19(17,18)15-10-12-5-7-13(14)8-6-12/h11-13,15H,2-10,14H2,1H3. The van der Waals surface area contributed by atoms with Crippen LogP contribution in [0.25, 0.3) is 0 Å². The Kier molecular flexibility index (Phi) is 5.22. The lowest BCUT2D eigenvalue weighted by Gasteiger charge is -2.33. The van der Waals surface area contributed by atoms with Crippen LogP contribution in [-0.4, -0.2) is 37.9 Å². The zero-order chi connectivity index (χ0) is 13.9. The van der Waals surface area contributed by atoms with Crippen LogP contribution in [0.1, 0.15) is 51.9 Å². The molecule has 19 heavy (non-hydrogen) atoms. The van der Waals surface area contributed by atoms with Crippen molar-refractivity contribution in [3.8, 4) is 0 Å². The predicted molar refractivity (Wildman–Crippen MR) is 76.9 cm³/mol. The summed E-state index contributed by atoms with van der Waals surface area (Å²) >= 11 is 0. The summed E-state index contributed by atoms with van der Waals surface area (Å²) in [6.07, 6.45) is 7.20. The minimum absolute atomic E-state index is 0.131. The van der Waals surface area contributed by atoms with Crippen LogP contribution in [0, 0.1) is 5.92 Å². The topological polar surface area (TPSA) is 75.4 Å². The van der Waals surface area contributed by atoms with Crippen molar-refractivity contribution in [1.29, 1.82) is 0 Å². The molecule has 1 saturated heterocycles. The molecule has 2 fully saturated rings. The predicted octanol–water partition coefficient (Wildman–Crippen LogP) is 1.21. The van der Waals surface area contributed by atoms with Gasteiger partial charge in [0.1, 0.15) is 0 Å². The molecule has 0 radical (unpaired) electrons. The molecule has 0 aromatic carbocycles. The first-order valence-electron chi connectivity index (χ1n) is 7.51. The van der Waals surface area contributed by atoms with Gasteiger partial charge in [-0.15, -0.1) is 0 Å². The van der Waals surface area contributed by atoms with Crippen LogP contribution >= 0.6 is 0 Å². The van der Waals surface area contributed by atoms with E-state index >= 15 is 0 Å². The number of piperidine rings is 1. The third kappa shape index (κ3) is 4.15. The Morgan fingerprint density at radius 3 is 2.47 bits per heavy atom. The van der Waals surface area contributed by atoms with Gasteiger partial charge in [0.2, 0.25) is 0 Å². The summed E-state index contributed by atoms with van der Waals surface area (Å²) < 4.78 is 29.0. The van der Waals surface area contributed by atoms with E-state index in [0.717, 1.165) is 44.9 Å². The fraction of sp³-hybridized carbons (Fsp3) is 1.00. The number of rotatable bonds is 4. The molecule has 1 aliphatic heterocycles. The lowest BCUT2D eigenvalue weighted by Crippen LogP contribution is -2.49. The van der Waals surface area contributed by atoms with Crippen LogP contribution in [0.3, 0.4) is 0 Å². The van der Waals surface area contributed by atoms with Crippen molar-refractivity contribution < 1.29 is 8.42 Å². The van der Waals surface area contributed by atoms with E-state index in [1.807, 2.05) is 6.92 Å². The Balaban J connectivity index is 1.83. The van der Waals surface area contributed by atoms with Crippen molar-refractivity contribution in [1.82, 2.24) is 9.03 Å². The molecule has 0 aromatic heterocycles. The Hall–Kier alpha value is -0.170. The molecular weight excluding hydrogens is 262 g/mol. The first-order valence-corrected chi connectivity index (χ1v) is 8.95. The van der Waals surface area contributed by atoms with Crippen LogP contribution in [0.4, 0.5) is 0 Å². The summed E-state index contributed by atoms with van der Waals surface area (Å²) in [5.74, 6) is 0.453. The highest BCUT2D eigenvalue weighted by molar-refractivity contribution is 7.87. The summed E-state index contributed by atoms with van der Waals surface area (Å²) in [5, 5.41) is 0. The van der Waals surface area contributed by atoms with E-state index in [-0.39, 0.29) is 6.04 Å². The molecule has 2 aliphatic rings. The summed E-state index contributed by atoms with van der Waals surface area (Å²) in [4.78, 5) is 0. The molecule has 112 valence electrons. The first-order chi connectivity index (χ1) is 8.99. The molecule has 2 rings (SSSR count). The highest BCUT2D eigenvalue weighted by Gasteiger charge is 2.30. The quantitative estimate of drug-likeness (QED) is 0.817. The molecule has 1 aliphatic carbocycles. The van der Waals surface area contributed by atoms with E-state index in [1.165, 1.54) is 0 Å². The van der Waals surface area contributed by atoms with Crippen molar-refractivity contribution in [2.75, 3.05) is 13.1 Å². The van der Waals surface area contributed by atoms with Gasteiger partial charge in [-0.05, 0) is 51.4 Å². The summed E-state index contributed by atoms with van der Waals surface area (Å²) in [6.45, 7) is 3.22. The summed E-state index contributed by atoms with van der Waals surface area (Å²) in [7, 11) is -3.29. The third-order valence-corrected chi connectivity index (χ3v) is 6.19. The monoisotopic (exact) mass is 289 g/mol. The van der Waals surface area contributed by atoms with E-state index in [0.29, 0.717) is 25.0 Å². The number of nitrogens with one attached hydrogen (secondary N) is 1. The van der Waals surface area contributed by atoms with Crippen LogP contribution in [-0.2, 0) is 10.2 Å². The molecule has 0 spiro atoms. The largest absolute Gasteiger partial charge is 0.328 e. The molecule has 1 atom stereocenters. The summed E-state index contributed by atoms with van der Waals surface area (Å²) in [5.41, 5.74) is 5.87. The van der Waals surface area contributed by atoms with Crippen molar-refractivity contribution in [2.45, 2.75) is 64.0 Å². The Bertz CT molecular complexity index is 377. The minimum atomic E-state index is -3.29. The second-order valence-electron chi connectivity index (χ2n) is 6.09. The van der Waals surface area contributed by atoms with Gasteiger partial charge >= 0.3 is 0 Å². The third-order valence-electron chi connectivity index (χ3n) is 4.50. The molecule has 5 nitrogen and oxygen atoms in total. The molecular formula is C13H27N3O2S. The number of nitrogens with two attached hydrogens (primary N) is 1. The van der Waals surface area contributed by atoms with Gasteiger partial charge in [-0.1, -0.05) is 6.42 Å². The van der Waals surface area contributed by atoms with Gasteiger partial charge < -0.3 is 5.73 Å². The second kappa shape index (κ2) is 6.52. The molecule has 6 heteroatoms. The average molecular weight is 289 g/mol. The normalized spacial score (nSPS) is 34.3. The van der Waals surface area contributed by atoms with Crippen LogP contribution in [0.15, 0.2) is 0 Å². The first kappa shape index (κ1) is 15.2. The van der Waals surface area contributed by atoms with E-state index < -0.39 is 10.2 Å². The van der Waals surface area contributed by atoms with Gasteiger partial charge in [0.25, 0.3) is 10.2 Å². The van der Waals surface area contributed by atoms with Gasteiger partial charge in [0.05, 0.1) is 0 Å². The van der Waals surface area contributed by atoms with Crippen LogP contribution in [0.5, 0.6) is 0 Å². The van der Waals surface area contributed by atoms with Gasteiger partial charge in [-0.2, -0.15) is 12.7 Å². The van der Waals surface area contributed by atoms with Crippen LogP contribution in [0.2, 0.25) is 0 Å². The Morgan fingerprint density at radius 2 is 1.84 bits per heavy atom. The SMILES string of the molecule is CC1CCCCN1S(=O)(=O)NCC1CCC(N)CC1. The van der Waals surface area contributed by atoms with Crippen molar-refractivity contribution in [3.05, 3.63) is 0 Å². The maximum atomic E-state index is 12.3. The molecule has 0 aromatic rings.